The van der Waals surface area contributed by atoms with Crippen LogP contribution in [0.2, 0.25) is 0 Å². The quantitative estimate of drug-likeness (QED) is 0.705. The largest absolute Gasteiger partial charge is 0.389 e. The summed E-state index contributed by atoms with van der Waals surface area (Å²) in [6, 6.07) is 0. The Morgan fingerprint density at radius 2 is 1.82 bits per heavy atom. The van der Waals surface area contributed by atoms with Gasteiger partial charge in [0.05, 0.1) is 18.8 Å². The zero-order valence-electron chi connectivity index (χ0n) is 15.4. The number of aliphatic hydroxyl groups excluding tert-OH is 1. The van der Waals surface area contributed by atoms with E-state index in [1.807, 2.05) is 0 Å². The van der Waals surface area contributed by atoms with E-state index < -0.39 is 0 Å². The summed E-state index contributed by atoms with van der Waals surface area (Å²) < 4.78 is 6.22. The Morgan fingerprint density at radius 1 is 1.18 bits per heavy atom. The molecular weight excluding hydrogens is 274 g/mol. The second-order valence-electron chi connectivity index (χ2n) is 8.39. The van der Waals surface area contributed by atoms with Crippen molar-refractivity contribution in [3.63, 3.8) is 0 Å². The number of ether oxygens (including phenoxy) is 1. The number of hydrogen-bond donors (Lipinski definition) is 1. The molecule has 1 N–H and O–H groups in total. The van der Waals surface area contributed by atoms with Crippen LogP contribution < -0.4 is 0 Å². The van der Waals surface area contributed by atoms with Crippen LogP contribution in [0.5, 0.6) is 0 Å². The van der Waals surface area contributed by atoms with Gasteiger partial charge in [-0.1, -0.05) is 34.6 Å². The first-order chi connectivity index (χ1) is 10.3. The Balaban J connectivity index is 1.81. The average Bonchev–Trinajstić information content (AvgIpc) is 2.78. The third kappa shape index (κ3) is 3.37. The van der Waals surface area contributed by atoms with Crippen LogP contribution in [0.1, 0.15) is 66.7 Å². The van der Waals surface area contributed by atoms with Crippen LogP contribution >= 0.6 is 0 Å². The molecular formula is C19H37NO2. The maximum absolute atomic E-state index is 10.4. The van der Waals surface area contributed by atoms with E-state index in [2.05, 4.69) is 39.5 Å². The van der Waals surface area contributed by atoms with Gasteiger partial charge in [0, 0.05) is 6.54 Å². The van der Waals surface area contributed by atoms with E-state index in [-0.39, 0.29) is 6.10 Å². The van der Waals surface area contributed by atoms with E-state index in [9.17, 15) is 5.11 Å². The molecule has 0 heterocycles. The predicted octanol–water partition coefficient (Wildman–Crippen LogP) is 3.70. The maximum Gasteiger partial charge on any atom is 0.0900 e. The normalized spacial score (nSPS) is 34.5. The Labute approximate surface area is 137 Å². The highest BCUT2D eigenvalue weighted by Crippen LogP contribution is 2.66. The first kappa shape index (κ1) is 18.2. The summed E-state index contributed by atoms with van der Waals surface area (Å²) >= 11 is 0. The molecule has 0 radical (unpaired) electrons. The lowest BCUT2D eigenvalue weighted by molar-refractivity contribution is -0.0793. The molecule has 22 heavy (non-hydrogen) atoms. The Kier molecular flexibility index (Phi) is 5.95. The van der Waals surface area contributed by atoms with Crippen molar-refractivity contribution in [2.45, 2.75) is 78.9 Å². The molecule has 3 nitrogen and oxygen atoms in total. The topological polar surface area (TPSA) is 32.7 Å². The maximum atomic E-state index is 10.4. The zero-order valence-corrected chi connectivity index (χ0v) is 15.4. The molecule has 0 aliphatic heterocycles. The molecule has 2 bridgehead atoms. The highest BCUT2D eigenvalue weighted by Gasteiger charge is 2.61. The SMILES string of the molecule is CCCN(CCC)CC(O)COC1CC2CCC1(C)C2(C)C. The molecule has 4 atom stereocenters. The van der Waals surface area contributed by atoms with Gasteiger partial charge in [-0.15, -0.1) is 0 Å². The van der Waals surface area contributed by atoms with Gasteiger partial charge in [0.1, 0.15) is 0 Å². The lowest BCUT2D eigenvalue weighted by atomic mass is 9.70. The highest BCUT2D eigenvalue weighted by atomic mass is 16.5. The van der Waals surface area contributed by atoms with E-state index in [1.54, 1.807) is 0 Å². The fraction of sp³-hybridized carbons (Fsp3) is 1.00. The Hall–Kier alpha value is -0.120. The molecule has 0 saturated heterocycles. The summed E-state index contributed by atoms with van der Waals surface area (Å²) in [7, 11) is 0. The van der Waals surface area contributed by atoms with Crippen molar-refractivity contribution in [1.29, 1.82) is 0 Å². The fourth-order valence-electron chi connectivity index (χ4n) is 4.89. The third-order valence-electron chi connectivity index (χ3n) is 6.75. The van der Waals surface area contributed by atoms with Gasteiger partial charge < -0.3 is 14.7 Å². The number of aliphatic hydroxyl groups is 1. The van der Waals surface area contributed by atoms with E-state index in [0.717, 1.165) is 38.4 Å². The van der Waals surface area contributed by atoms with Crippen molar-refractivity contribution in [2.75, 3.05) is 26.2 Å². The summed E-state index contributed by atoms with van der Waals surface area (Å²) in [4.78, 5) is 2.36. The van der Waals surface area contributed by atoms with Gasteiger partial charge in [0.25, 0.3) is 0 Å². The summed E-state index contributed by atoms with van der Waals surface area (Å²) in [6.07, 6.45) is 6.08. The first-order valence-electron chi connectivity index (χ1n) is 9.37. The molecule has 0 amide bonds. The smallest absolute Gasteiger partial charge is 0.0900 e. The predicted molar refractivity (Wildman–Crippen MR) is 92.0 cm³/mol. The minimum Gasteiger partial charge on any atom is -0.389 e. The molecule has 2 aliphatic rings. The van der Waals surface area contributed by atoms with Crippen molar-refractivity contribution in [3.8, 4) is 0 Å². The van der Waals surface area contributed by atoms with Crippen LogP contribution in [0.4, 0.5) is 0 Å². The highest BCUT2D eigenvalue weighted by molar-refractivity contribution is 5.11. The molecule has 0 aromatic heterocycles. The van der Waals surface area contributed by atoms with Crippen LogP contribution in [0.15, 0.2) is 0 Å². The van der Waals surface area contributed by atoms with Gasteiger partial charge in [-0.2, -0.15) is 0 Å². The van der Waals surface area contributed by atoms with Gasteiger partial charge in [-0.25, -0.2) is 0 Å². The Bertz CT molecular complexity index is 351. The Morgan fingerprint density at radius 3 is 2.27 bits per heavy atom. The van der Waals surface area contributed by atoms with Crippen LogP contribution in [0.25, 0.3) is 0 Å². The minimum atomic E-state index is -0.357. The number of nitrogens with zero attached hydrogens (tertiary/aromatic N) is 1. The van der Waals surface area contributed by atoms with Crippen molar-refractivity contribution in [2.24, 2.45) is 16.7 Å². The number of fused-ring (bicyclic) bond motifs is 2. The van der Waals surface area contributed by atoms with E-state index in [0.29, 0.717) is 23.5 Å². The van der Waals surface area contributed by atoms with Gasteiger partial charge in [0.2, 0.25) is 0 Å². The summed E-state index contributed by atoms with van der Waals surface area (Å²) in [5.74, 6) is 0.802. The molecule has 0 aromatic carbocycles. The van der Waals surface area contributed by atoms with E-state index in [1.165, 1.54) is 19.3 Å². The van der Waals surface area contributed by atoms with Crippen LogP contribution in [0, 0.1) is 16.7 Å². The lowest BCUT2D eigenvalue weighted by Gasteiger charge is -2.39. The van der Waals surface area contributed by atoms with Crippen molar-refractivity contribution in [3.05, 3.63) is 0 Å². The minimum absolute atomic E-state index is 0.296. The van der Waals surface area contributed by atoms with Crippen molar-refractivity contribution >= 4 is 0 Å². The summed E-state index contributed by atoms with van der Waals surface area (Å²) in [6.45, 7) is 15.0. The van der Waals surface area contributed by atoms with E-state index in [4.69, 9.17) is 4.74 Å². The van der Waals surface area contributed by atoms with Crippen molar-refractivity contribution < 1.29 is 9.84 Å². The van der Waals surface area contributed by atoms with Gasteiger partial charge >= 0.3 is 0 Å². The lowest BCUT2D eigenvalue weighted by Crippen LogP contribution is -2.41. The van der Waals surface area contributed by atoms with E-state index >= 15 is 0 Å². The number of rotatable bonds is 9. The second kappa shape index (κ2) is 7.19. The average molecular weight is 312 g/mol. The second-order valence-corrected chi connectivity index (χ2v) is 8.39. The third-order valence-corrected chi connectivity index (χ3v) is 6.75. The molecule has 4 unspecified atom stereocenters. The van der Waals surface area contributed by atoms with Gasteiger partial charge in [-0.3, -0.25) is 0 Å². The fourth-order valence-corrected chi connectivity index (χ4v) is 4.89. The molecule has 0 aromatic rings. The van der Waals surface area contributed by atoms with Crippen molar-refractivity contribution in [1.82, 2.24) is 4.90 Å². The zero-order chi connectivity index (χ0) is 16.4. The van der Waals surface area contributed by atoms with Gasteiger partial charge in [0.15, 0.2) is 0 Å². The first-order valence-corrected chi connectivity index (χ1v) is 9.37. The van der Waals surface area contributed by atoms with Crippen LogP contribution in [0.3, 0.4) is 0 Å². The van der Waals surface area contributed by atoms with Crippen LogP contribution in [-0.2, 0) is 4.74 Å². The molecule has 0 spiro atoms. The summed E-state index contributed by atoms with van der Waals surface area (Å²) in [5.41, 5.74) is 0.684. The molecule has 2 fully saturated rings. The van der Waals surface area contributed by atoms with Gasteiger partial charge in [-0.05, 0) is 61.9 Å². The number of hydrogen-bond acceptors (Lipinski definition) is 3. The monoisotopic (exact) mass is 311 g/mol. The molecule has 3 heteroatoms. The molecule has 2 rings (SSSR count). The van der Waals surface area contributed by atoms with Crippen LogP contribution in [-0.4, -0.2) is 48.5 Å². The summed E-state index contributed by atoms with van der Waals surface area (Å²) in [5, 5.41) is 10.4. The molecule has 130 valence electrons. The molecule has 2 aliphatic carbocycles. The molecule has 2 saturated carbocycles. The standard InChI is InChI=1S/C19H37NO2/c1-6-10-20(11-7-2)13-16(21)14-22-17-12-15-8-9-19(17,5)18(15,3)4/h15-17,21H,6-14H2,1-5H3.